The number of aromatic nitrogens is 3. The minimum absolute atomic E-state index is 0. The van der Waals surface area contributed by atoms with Crippen molar-refractivity contribution in [3.8, 4) is 11.4 Å². The molecule has 0 amide bonds. The highest BCUT2D eigenvalue weighted by molar-refractivity contribution is 7.14. The molecule has 0 aliphatic heterocycles. The summed E-state index contributed by atoms with van der Waals surface area (Å²) in [5.74, 6) is -0.939. The van der Waals surface area contributed by atoms with E-state index < -0.39 is 5.97 Å². The number of nitrogens with one attached hydrogen (secondary N) is 1. The van der Waals surface area contributed by atoms with Gasteiger partial charge in [0.2, 0.25) is 0 Å². The lowest BCUT2D eigenvalue weighted by Crippen LogP contribution is -1.96. The molecule has 0 fully saturated rings. The van der Waals surface area contributed by atoms with E-state index in [1.165, 1.54) is 11.3 Å². The van der Waals surface area contributed by atoms with Gasteiger partial charge in [0.25, 0.3) is 0 Å². The van der Waals surface area contributed by atoms with Crippen LogP contribution in [0.5, 0.6) is 0 Å². The molecule has 0 atom stereocenters. The molecule has 4 rings (SSSR count). The van der Waals surface area contributed by atoms with E-state index in [-0.39, 0.29) is 18.0 Å². The SMILES string of the molecule is Cl.O=C(O)c1ccc(Nc2nc(-c3cnc4ccccn34)cs2)cc1. The topological polar surface area (TPSA) is 79.5 Å². The number of rotatable bonds is 4. The first-order valence-corrected chi connectivity index (χ1v) is 8.07. The van der Waals surface area contributed by atoms with Crippen molar-refractivity contribution in [2.75, 3.05) is 5.32 Å². The van der Waals surface area contributed by atoms with Gasteiger partial charge in [0.05, 0.1) is 17.5 Å². The number of fused-ring (bicyclic) bond motifs is 1. The monoisotopic (exact) mass is 372 g/mol. The van der Waals surface area contributed by atoms with Crippen molar-refractivity contribution in [3.63, 3.8) is 0 Å². The van der Waals surface area contributed by atoms with Gasteiger partial charge in [-0.25, -0.2) is 14.8 Å². The molecule has 0 saturated carbocycles. The number of pyridine rings is 1. The van der Waals surface area contributed by atoms with Gasteiger partial charge in [-0.1, -0.05) is 6.07 Å². The molecule has 0 unspecified atom stereocenters. The molecule has 3 heterocycles. The molecule has 4 aromatic rings. The maximum Gasteiger partial charge on any atom is 0.335 e. The number of nitrogens with zero attached hydrogens (tertiary/aromatic N) is 3. The molecule has 25 heavy (non-hydrogen) atoms. The minimum Gasteiger partial charge on any atom is -0.478 e. The molecule has 0 aliphatic carbocycles. The van der Waals surface area contributed by atoms with Gasteiger partial charge >= 0.3 is 5.97 Å². The smallest absolute Gasteiger partial charge is 0.335 e. The van der Waals surface area contributed by atoms with Crippen molar-refractivity contribution in [2.45, 2.75) is 0 Å². The van der Waals surface area contributed by atoms with Gasteiger partial charge in [0, 0.05) is 17.3 Å². The first-order valence-electron chi connectivity index (χ1n) is 7.19. The van der Waals surface area contributed by atoms with Gasteiger partial charge in [-0.2, -0.15) is 0 Å². The maximum absolute atomic E-state index is 10.9. The number of thiazole rings is 1. The fourth-order valence-corrected chi connectivity index (χ4v) is 3.11. The van der Waals surface area contributed by atoms with Crippen LogP contribution in [0.4, 0.5) is 10.8 Å². The number of hydrogen-bond acceptors (Lipinski definition) is 5. The summed E-state index contributed by atoms with van der Waals surface area (Å²) in [6, 6.07) is 12.4. The second kappa shape index (κ2) is 6.92. The average molecular weight is 373 g/mol. The van der Waals surface area contributed by atoms with Crippen LogP contribution in [0.3, 0.4) is 0 Å². The number of benzene rings is 1. The lowest BCUT2D eigenvalue weighted by atomic mass is 10.2. The summed E-state index contributed by atoms with van der Waals surface area (Å²) < 4.78 is 1.99. The Morgan fingerprint density at radius 3 is 2.72 bits per heavy atom. The van der Waals surface area contributed by atoms with Crippen molar-refractivity contribution in [1.82, 2.24) is 14.4 Å². The number of aromatic carboxylic acids is 1. The third-order valence-corrected chi connectivity index (χ3v) is 4.32. The first-order chi connectivity index (χ1) is 11.7. The molecule has 8 heteroatoms. The summed E-state index contributed by atoms with van der Waals surface area (Å²) in [4.78, 5) is 19.8. The molecule has 0 bridgehead atoms. The summed E-state index contributed by atoms with van der Waals surface area (Å²) in [6.45, 7) is 0. The first kappa shape index (κ1) is 16.9. The van der Waals surface area contributed by atoms with Gasteiger partial charge in [0.1, 0.15) is 11.3 Å². The van der Waals surface area contributed by atoms with Crippen LogP contribution in [0.25, 0.3) is 17.0 Å². The van der Waals surface area contributed by atoms with Gasteiger partial charge < -0.3 is 10.4 Å². The van der Waals surface area contributed by atoms with Crippen molar-refractivity contribution in [3.05, 3.63) is 65.8 Å². The minimum atomic E-state index is -0.939. The van der Waals surface area contributed by atoms with E-state index in [1.54, 1.807) is 30.5 Å². The van der Waals surface area contributed by atoms with Gasteiger partial charge in [0.15, 0.2) is 5.13 Å². The zero-order chi connectivity index (χ0) is 16.5. The van der Waals surface area contributed by atoms with E-state index in [0.717, 1.165) is 27.9 Å². The average Bonchev–Trinajstić information content (AvgIpc) is 3.22. The Kier molecular flexibility index (Phi) is 4.69. The van der Waals surface area contributed by atoms with Crippen LogP contribution < -0.4 is 5.32 Å². The Morgan fingerprint density at radius 2 is 1.96 bits per heavy atom. The van der Waals surface area contributed by atoms with Crippen molar-refractivity contribution < 1.29 is 9.90 Å². The van der Waals surface area contributed by atoms with Crippen molar-refractivity contribution in [1.29, 1.82) is 0 Å². The number of carboxylic acid groups (broad SMARTS) is 1. The Morgan fingerprint density at radius 1 is 1.16 bits per heavy atom. The highest BCUT2D eigenvalue weighted by Crippen LogP contribution is 2.27. The van der Waals surface area contributed by atoms with Crippen LogP contribution >= 0.6 is 23.7 Å². The number of carbonyl (C=O) groups is 1. The highest BCUT2D eigenvalue weighted by Gasteiger charge is 2.10. The molecule has 3 aromatic heterocycles. The molecule has 1 aromatic carbocycles. The van der Waals surface area contributed by atoms with Crippen LogP contribution in [-0.2, 0) is 0 Å². The lowest BCUT2D eigenvalue weighted by Gasteiger charge is -2.02. The van der Waals surface area contributed by atoms with Crippen LogP contribution in [0, 0.1) is 0 Å². The number of anilines is 2. The Hall–Kier alpha value is -2.90. The summed E-state index contributed by atoms with van der Waals surface area (Å²) in [5.41, 5.74) is 3.68. The van der Waals surface area contributed by atoms with Crippen LogP contribution in [0.2, 0.25) is 0 Å². The molecule has 0 radical (unpaired) electrons. The molecule has 126 valence electrons. The maximum atomic E-state index is 10.9. The van der Waals surface area contributed by atoms with Gasteiger partial charge in [-0.3, -0.25) is 4.40 Å². The Labute approximate surface area is 153 Å². The largest absolute Gasteiger partial charge is 0.478 e. The summed E-state index contributed by atoms with van der Waals surface area (Å²) in [7, 11) is 0. The molecular weight excluding hydrogens is 360 g/mol. The Balaban J connectivity index is 0.00000182. The second-order valence-corrected chi connectivity index (χ2v) is 5.98. The van der Waals surface area contributed by atoms with E-state index in [9.17, 15) is 4.79 Å². The van der Waals surface area contributed by atoms with Crippen LogP contribution in [-0.4, -0.2) is 25.4 Å². The van der Waals surface area contributed by atoms with E-state index in [2.05, 4.69) is 15.3 Å². The Bertz CT molecular complexity index is 1030. The molecule has 0 spiro atoms. The zero-order valence-corrected chi connectivity index (χ0v) is 14.4. The zero-order valence-electron chi connectivity index (χ0n) is 12.8. The summed E-state index contributed by atoms with van der Waals surface area (Å²) >= 11 is 1.48. The molecule has 0 saturated heterocycles. The van der Waals surface area contributed by atoms with E-state index >= 15 is 0 Å². The number of halogens is 1. The fourth-order valence-electron chi connectivity index (χ4n) is 2.39. The van der Waals surface area contributed by atoms with E-state index in [0.29, 0.717) is 0 Å². The number of carboxylic acids is 1. The van der Waals surface area contributed by atoms with Gasteiger partial charge in [-0.05, 0) is 36.4 Å². The quantitative estimate of drug-likeness (QED) is 0.557. The highest BCUT2D eigenvalue weighted by atomic mass is 35.5. The van der Waals surface area contributed by atoms with E-state index in [1.807, 2.05) is 34.2 Å². The standard InChI is InChI=1S/C17H12N4O2S.ClH/c22-16(23)11-4-6-12(7-5-11)19-17-20-13(10-24-17)14-9-18-15-3-1-2-8-21(14)15;/h1-10H,(H,19,20)(H,22,23);1H. The van der Waals surface area contributed by atoms with Gasteiger partial charge in [-0.15, -0.1) is 23.7 Å². The second-order valence-electron chi connectivity index (χ2n) is 5.12. The van der Waals surface area contributed by atoms with Crippen LogP contribution in [0.1, 0.15) is 10.4 Å². The third-order valence-electron chi connectivity index (χ3n) is 3.57. The third kappa shape index (κ3) is 3.33. The van der Waals surface area contributed by atoms with E-state index in [4.69, 9.17) is 5.11 Å². The predicted molar refractivity (Wildman–Crippen MR) is 100 cm³/mol. The number of imidazole rings is 1. The van der Waals surface area contributed by atoms with Crippen LogP contribution in [0.15, 0.2) is 60.2 Å². The molecule has 0 aliphatic rings. The molecule has 2 N–H and O–H groups in total. The lowest BCUT2D eigenvalue weighted by molar-refractivity contribution is 0.0697. The fraction of sp³-hybridized carbons (Fsp3) is 0. The summed E-state index contributed by atoms with van der Waals surface area (Å²) in [5, 5.41) is 14.8. The van der Waals surface area contributed by atoms with Crippen molar-refractivity contribution in [2.24, 2.45) is 0 Å². The summed E-state index contributed by atoms with van der Waals surface area (Å²) in [6.07, 6.45) is 3.75. The normalized spacial score (nSPS) is 10.4. The predicted octanol–water partition coefficient (Wildman–Crippen LogP) is 4.32. The number of hydrogen-bond donors (Lipinski definition) is 2. The molecule has 6 nitrogen and oxygen atoms in total. The van der Waals surface area contributed by atoms with Crippen molar-refractivity contribution >= 4 is 46.2 Å². The molecular formula is C17H13ClN4O2S.